The third-order valence-corrected chi connectivity index (χ3v) is 7.04. The number of rotatable bonds is 12. The van der Waals surface area contributed by atoms with Crippen molar-refractivity contribution in [2.75, 3.05) is 17.7 Å². The lowest BCUT2D eigenvalue weighted by Gasteiger charge is -2.27. The Morgan fingerprint density at radius 2 is 1.34 bits per heavy atom. The maximum Gasteiger partial charge on any atom is 0.338 e. The Bertz CT molecular complexity index is 1660. The van der Waals surface area contributed by atoms with Crippen LogP contribution in [-0.4, -0.2) is 25.0 Å². The first-order valence-electron chi connectivity index (χ1n) is 14.3. The summed E-state index contributed by atoms with van der Waals surface area (Å²) in [5, 5.41) is 6.45. The summed E-state index contributed by atoms with van der Waals surface area (Å²) in [6.07, 6.45) is -0.645. The molecule has 0 heterocycles. The largest absolute Gasteiger partial charge is 0.497 e. The number of methoxy groups -OCH3 is 1. The van der Waals surface area contributed by atoms with Gasteiger partial charge in [-0.3, -0.25) is 4.79 Å². The molecule has 0 aromatic heterocycles. The molecule has 0 aliphatic rings. The summed E-state index contributed by atoms with van der Waals surface area (Å²) < 4.78 is 17.7. The maximum atomic E-state index is 13.2. The van der Waals surface area contributed by atoms with Crippen LogP contribution in [0.4, 0.5) is 11.4 Å². The second kappa shape index (κ2) is 14.6. The molecule has 5 aromatic rings. The zero-order valence-electron chi connectivity index (χ0n) is 24.6. The molecule has 0 spiro atoms. The zero-order chi connectivity index (χ0) is 30.7. The summed E-state index contributed by atoms with van der Waals surface area (Å²) in [5.41, 5.74) is 4.08. The highest BCUT2D eigenvalue weighted by Gasteiger charge is 2.26. The lowest BCUT2D eigenvalue weighted by atomic mass is 10.0. The average Bonchev–Trinajstić information content (AvgIpc) is 3.08. The first-order chi connectivity index (χ1) is 21.5. The number of nitrogens with one attached hydrogen (secondary N) is 2. The van der Waals surface area contributed by atoms with E-state index < -0.39 is 12.1 Å². The minimum absolute atomic E-state index is 0.221. The first kappa shape index (κ1) is 29.9. The summed E-state index contributed by atoms with van der Waals surface area (Å²) in [6.45, 7) is 2.27. The zero-order valence-corrected chi connectivity index (χ0v) is 24.6. The Morgan fingerprint density at radius 3 is 1.98 bits per heavy atom. The van der Waals surface area contributed by atoms with Gasteiger partial charge in [0.1, 0.15) is 24.2 Å². The van der Waals surface area contributed by atoms with E-state index in [0.29, 0.717) is 40.6 Å². The highest BCUT2D eigenvalue weighted by molar-refractivity contribution is 6.04. The first-order valence-corrected chi connectivity index (χ1v) is 14.3. The molecule has 7 heteroatoms. The smallest absolute Gasteiger partial charge is 0.338 e. The van der Waals surface area contributed by atoms with Crippen LogP contribution in [-0.2, 0) is 11.3 Å². The fraction of sp³-hybridized carbons (Fsp3) is 0.135. The van der Waals surface area contributed by atoms with E-state index in [0.717, 1.165) is 11.1 Å². The highest BCUT2D eigenvalue weighted by Crippen LogP contribution is 2.33. The van der Waals surface area contributed by atoms with Gasteiger partial charge in [-0.2, -0.15) is 0 Å². The van der Waals surface area contributed by atoms with Gasteiger partial charge in [-0.25, -0.2) is 4.79 Å². The van der Waals surface area contributed by atoms with Crippen LogP contribution < -0.4 is 20.1 Å². The molecule has 5 aromatic carbocycles. The van der Waals surface area contributed by atoms with Gasteiger partial charge in [0.25, 0.3) is 5.91 Å². The fourth-order valence-corrected chi connectivity index (χ4v) is 4.70. The molecule has 0 bridgehead atoms. The van der Waals surface area contributed by atoms with E-state index >= 15 is 0 Å². The van der Waals surface area contributed by atoms with E-state index in [1.54, 1.807) is 49.6 Å². The Kier molecular flexibility index (Phi) is 9.90. The van der Waals surface area contributed by atoms with Gasteiger partial charge in [0.15, 0.2) is 0 Å². The molecule has 0 saturated carbocycles. The summed E-state index contributed by atoms with van der Waals surface area (Å²) >= 11 is 0. The average molecular weight is 587 g/mol. The van der Waals surface area contributed by atoms with E-state index in [4.69, 9.17) is 14.2 Å². The van der Waals surface area contributed by atoms with Crippen molar-refractivity contribution < 1.29 is 23.8 Å². The van der Waals surface area contributed by atoms with Crippen molar-refractivity contribution in [3.8, 4) is 11.5 Å². The van der Waals surface area contributed by atoms with Gasteiger partial charge >= 0.3 is 5.97 Å². The number of hydrogen-bond acceptors (Lipinski definition) is 6. The molecule has 0 radical (unpaired) electrons. The minimum atomic E-state index is -0.645. The molecule has 222 valence electrons. The standard InChI is InChI=1S/C37H34N2O5/c1-26(35(28-18-21-32(42-2)22-19-28)44-37(41)30-16-10-5-11-17-30)38-33-23-20-31(39-36(40)29-14-8-4-9-15-29)24-34(33)43-25-27-12-6-3-7-13-27/h3-24,26,35,38H,25H2,1-2H3,(H,39,40). The van der Waals surface area contributed by atoms with Crippen molar-refractivity contribution in [3.05, 3.63) is 156 Å². The van der Waals surface area contributed by atoms with Crippen molar-refractivity contribution in [3.63, 3.8) is 0 Å². The van der Waals surface area contributed by atoms with Crippen LogP contribution in [0.1, 0.15) is 44.9 Å². The van der Waals surface area contributed by atoms with Crippen molar-refractivity contribution >= 4 is 23.3 Å². The summed E-state index contributed by atoms with van der Waals surface area (Å²) in [7, 11) is 1.61. The van der Waals surface area contributed by atoms with Crippen LogP contribution in [0.2, 0.25) is 0 Å². The van der Waals surface area contributed by atoms with Gasteiger partial charge in [-0.05, 0) is 66.6 Å². The molecule has 2 N–H and O–H groups in total. The minimum Gasteiger partial charge on any atom is -0.497 e. The van der Waals surface area contributed by atoms with Crippen LogP contribution in [0, 0.1) is 0 Å². The van der Waals surface area contributed by atoms with Crippen LogP contribution in [0.15, 0.2) is 133 Å². The molecule has 7 nitrogen and oxygen atoms in total. The van der Waals surface area contributed by atoms with E-state index in [1.165, 1.54) is 0 Å². The summed E-state index contributed by atoms with van der Waals surface area (Å²) in [4.78, 5) is 26.0. The Labute approximate surface area is 257 Å². The molecule has 5 rings (SSSR count). The molecule has 2 atom stereocenters. The van der Waals surface area contributed by atoms with Gasteiger partial charge < -0.3 is 24.8 Å². The van der Waals surface area contributed by atoms with Gasteiger partial charge in [0, 0.05) is 17.3 Å². The second-order valence-electron chi connectivity index (χ2n) is 10.2. The van der Waals surface area contributed by atoms with Crippen LogP contribution >= 0.6 is 0 Å². The summed E-state index contributed by atoms with van der Waals surface area (Å²) in [6, 6.07) is 40.3. The predicted octanol–water partition coefficient (Wildman–Crippen LogP) is 7.93. The SMILES string of the molecule is COc1ccc(C(OC(=O)c2ccccc2)C(C)Nc2ccc(NC(=O)c3ccccc3)cc2OCc2ccccc2)cc1. The molecule has 0 saturated heterocycles. The highest BCUT2D eigenvalue weighted by atomic mass is 16.5. The van der Waals surface area contributed by atoms with Gasteiger partial charge in [-0.15, -0.1) is 0 Å². The van der Waals surface area contributed by atoms with Gasteiger partial charge in [0.2, 0.25) is 0 Å². The Morgan fingerprint density at radius 1 is 0.727 bits per heavy atom. The number of hydrogen-bond donors (Lipinski definition) is 2. The van der Waals surface area contributed by atoms with E-state index in [1.807, 2.05) is 97.9 Å². The van der Waals surface area contributed by atoms with Crippen LogP contribution in [0.5, 0.6) is 11.5 Å². The quantitative estimate of drug-likeness (QED) is 0.144. The number of anilines is 2. The predicted molar refractivity (Wildman–Crippen MR) is 172 cm³/mol. The number of esters is 1. The number of carbonyl (C=O) groups excluding carboxylic acids is 2. The molecule has 0 fully saturated rings. The third kappa shape index (κ3) is 7.83. The number of amides is 1. The maximum absolute atomic E-state index is 13.2. The number of benzene rings is 5. The normalized spacial score (nSPS) is 12.0. The molecular weight excluding hydrogens is 552 g/mol. The molecule has 0 aliphatic heterocycles. The lowest BCUT2D eigenvalue weighted by molar-refractivity contribution is 0.0262. The van der Waals surface area contributed by atoms with Crippen LogP contribution in [0.25, 0.3) is 0 Å². The Balaban J connectivity index is 1.42. The van der Waals surface area contributed by atoms with Gasteiger partial charge in [-0.1, -0.05) is 78.9 Å². The van der Waals surface area contributed by atoms with E-state index in [2.05, 4.69) is 10.6 Å². The number of carbonyl (C=O) groups is 2. The Hall–Kier alpha value is -5.56. The molecule has 0 aliphatic carbocycles. The number of ether oxygens (including phenoxy) is 3. The van der Waals surface area contributed by atoms with E-state index in [9.17, 15) is 9.59 Å². The van der Waals surface area contributed by atoms with Crippen molar-refractivity contribution in [2.45, 2.75) is 25.7 Å². The monoisotopic (exact) mass is 586 g/mol. The van der Waals surface area contributed by atoms with Crippen molar-refractivity contribution in [1.29, 1.82) is 0 Å². The third-order valence-electron chi connectivity index (χ3n) is 7.04. The second-order valence-corrected chi connectivity index (χ2v) is 10.2. The topological polar surface area (TPSA) is 85.9 Å². The fourth-order valence-electron chi connectivity index (χ4n) is 4.70. The molecule has 1 amide bonds. The molecular formula is C37H34N2O5. The summed E-state index contributed by atoms with van der Waals surface area (Å²) in [5.74, 6) is 0.585. The van der Waals surface area contributed by atoms with Crippen LogP contribution in [0.3, 0.4) is 0 Å². The van der Waals surface area contributed by atoms with Crippen molar-refractivity contribution in [1.82, 2.24) is 0 Å². The van der Waals surface area contributed by atoms with Gasteiger partial charge in [0.05, 0.1) is 24.4 Å². The lowest BCUT2D eigenvalue weighted by Crippen LogP contribution is -2.28. The molecule has 44 heavy (non-hydrogen) atoms. The van der Waals surface area contributed by atoms with E-state index in [-0.39, 0.29) is 11.9 Å². The van der Waals surface area contributed by atoms with Crippen molar-refractivity contribution in [2.24, 2.45) is 0 Å². The molecule has 2 unspecified atom stereocenters.